The van der Waals surface area contributed by atoms with Crippen molar-refractivity contribution < 1.29 is 0 Å². The minimum Gasteiger partial charge on any atom is -0.312 e. The number of rotatable bonds is 2. The summed E-state index contributed by atoms with van der Waals surface area (Å²) in [5.41, 5.74) is 2.07. The second-order valence-corrected chi connectivity index (χ2v) is 4.68. The van der Waals surface area contributed by atoms with E-state index in [1.54, 1.807) is 4.68 Å². The van der Waals surface area contributed by atoms with Crippen molar-refractivity contribution in [3.05, 3.63) is 47.0 Å². The van der Waals surface area contributed by atoms with Gasteiger partial charge in [0.15, 0.2) is 5.65 Å². The molecular weight excluding hydrogens is 240 g/mol. The number of hydrogen-bond acceptors (Lipinski definition) is 3. The molecule has 0 amide bonds. The third-order valence-electron chi connectivity index (χ3n) is 3.03. The molecule has 0 saturated carbocycles. The molecule has 0 fully saturated rings. The molecule has 0 aliphatic rings. The Morgan fingerprint density at radius 3 is 2.63 bits per heavy atom. The molecule has 0 unspecified atom stereocenters. The first-order chi connectivity index (χ1) is 9.18. The van der Waals surface area contributed by atoms with E-state index in [-0.39, 0.29) is 11.6 Å². The fourth-order valence-electron chi connectivity index (χ4n) is 2.14. The molecule has 0 saturated heterocycles. The van der Waals surface area contributed by atoms with E-state index in [0.29, 0.717) is 16.7 Å². The highest BCUT2D eigenvalue weighted by Crippen LogP contribution is 2.25. The van der Waals surface area contributed by atoms with Crippen LogP contribution in [0.25, 0.3) is 22.3 Å². The Hall–Kier alpha value is -2.43. The Kier molecular flexibility index (Phi) is 2.67. The molecule has 5 nitrogen and oxygen atoms in total. The van der Waals surface area contributed by atoms with Gasteiger partial charge in [-0.05, 0) is 13.8 Å². The minimum absolute atomic E-state index is 0.147. The molecule has 0 atom stereocenters. The fourth-order valence-corrected chi connectivity index (χ4v) is 2.14. The van der Waals surface area contributed by atoms with Crippen LogP contribution in [0.15, 0.2) is 41.5 Å². The Morgan fingerprint density at radius 2 is 1.95 bits per heavy atom. The van der Waals surface area contributed by atoms with Crippen LogP contribution in [0.4, 0.5) is 0 Å². The first-order valence-corrected chi connectivity index (χ1v) is 6.20. The first kappa shape index (κ1) is 11.6. The third-order valence-corrected chi connectivity index (χ3v) is 3.03. The number of hydrogen-bond donors (Lipinski definition) is 1. The summed E-state index contributed by atoms with van der Waals surface area (Å²) in [6, 6.07) is 9.83. The van der Waals surface area contributed by atoms with Gasteiger partial charge in [0.1, 0.15) is 11.1 Å². The predicted octanol–water partition coefficient (Wildman–Crippen LogP) is 2.37. The Morgan fingerprint density at radius 1 is 1.21 bits per heavy atom. The van der Waals surface area contributed by atoms with Gasteiger partial charge in [-0.3, -0.25) is 4.79 Å². The largest absolute Gasteiger partial charge is 0.312 e. The second kappa shape index (κ2) is 4.35. The van der Waals surface area contributed by atoms with Crippen LogP contribution < -0.4 is 5.56 Å². The van der Waals surface area contributed by atoms with Gasteiger partial charge in [-0.1, -0.05) is 30.3 Å². The summed E-state index contributed by atoms with van der Waals surface area (Å²) in [5, 5.41) is 5.10. The predicted molar refractivity (Wildman–Crippen MR) is 74.0 cm³/mol. The van der Waals surface area contributed by atoms with Crippen molar-refractivity contribution in [1.82, 2.24) is 19.7 Å². The zero-order chi connectivity index (χ0) is 13.4. The molecule has 3 rings (SSSR count). The number of aromatic nitrogens is 4. The first-order valence-electron chi connectivity index (χ1n) is 6.20. The van der Waals surface area contributed by atoms with Crippen molar-refractivity contribution in [2.45, 2.75) is 19.9 Å². The molecule has 2 aromatic heterocycles. The van der Waals surface area contributed by atoms with E-state index in [1.165, 1.54) is 6.33 Å². The Bertz CT molecular complexity index is 771. The van der Waals surface area contributed by atoms with Crippen molar-refractivity contribution in [3.8, 4) is 11.3 Å². The van der Waals surface area contributed by atoms with Gasteiger partial charge in [-0.25, -0.2) is 9.67 Å². The fraction of sp³-hybridized carbons (Fsp3) is 0.214. The van der Waals surface area contributed by atoms with Crippen LogP contribution in [0.5, 0.6) is 0 Å². The molecule has 1 aromatic carbocycles. The molecular formula is C14H14N4O. The average molecular weight is 254 g/mol. The van der Waals surface area contributed by atoms with Gasteiger partial charge in [0, 0.05) is 11.6 Å². The summed E-state index contributed by atoms with van der Waals surface area (Å²) in [7, 11) is 0. The van der Waals surface area contributed by atoms with E-state index < -0.39 is 0 Å². The van der Waals surface area contributed by atoms with Crippen molar-refractivity contribution in [1.29, 1.82) is 0 Å². The van der Waals surface area contributed by atoms with E-state index in [2.05, 4.69) is 15.1 Å². The monoisotopic (exact) mass is 254 g/mol. The number of nitrogens with zero attached hydrogens (tertiary/aromatic N) is 3. The van der Waals surface area contributed by atoms with Gasteiger partial charge >= 0.3 is 0 Å². The highest BCUT2D eigenvalue weighted by molar-refractivity contribution is 5.90. The number of benzene rings is 1. The van der Waals surface area contributed by atoms with Crippen LogP contribution >= 0.6 is 0 Å². The maximum atomic E-state index is 12.1. The molecule has 1 N–H and O–H groups in total. The summed E-state index contributed by atoms with van der Waals surface area (Å²) in [4.78, 5) is 18.9. The normalized spacial score (nSPS) is 11.3. The molecule has 0 spiro atoms. The van der Waals surface area contributed by atoms with Gasteiger partial charge in [-0.15, -0.1) is 0 Å². The molecule has 2 heterocycles. The summed E-state index contributed by atoms with van der Waals surface area (Å²) in [6.45, 7) is 4.04. The lowest BCUT2D eigenvalue weighted by Crippen LogP contribution is -2.08. The van der Waals surface area contributed by atoms with Crippen LogP contribution in [-0.4, -0.2) is 19.7 Å². The molecule has 0 aliphatic carbocycles. The van der Waals surface area contributed by atoms with Gasteiger partial charge in [0.25, 0.3) is 5.56 Å². The van der Waals surface area contributed by atoms with Crippen LogP contribution in [-0.2, 0) is 0 Å². The molecule has 3 aromatic rings. The van der Waals surface area contributed by atoms with Crippen molar-refractivity contribution in [3.63, 3.8) is 0 Å². The van der Waals surface area contributed by atoms with Crippen molar-refractivity contribution in [2.24, 2.45) is 0 Å². The average Bonchev–Trinajstić information content (AvgIpc) is 2.81. The summed E-state index contributed by atoms with van der Waals surface area (Å²) >= 11 is 0. The zero-order valence-corrected chi connectivity index (χ0v) is 10.8. The van der Waals surface area contributed by atoms with Crippen LogP contribution in [0.1, 0.15) is 19.9 Å². The topological polar surface area (TPSA) is 63.6 Å². The number of fused-ring (bicyclic) bond motifs is 1. The van der Waals surface area contributed by atoms with Crippen molar-refractivity contribution >= 4 is 11.0 Å². The molecule has 0 aliphatic heterocycles. The Labute approximate surface area is 109 Å². The minimum atomic E-state index is -0.157. The Balaban J connectivity index is 2.40. The molecule has 0 radical (unpaired) electrons. The lowest BCUT2D eigenvalue weighted by molar-refractivity contribution is 0.548. The molecule has 0 bridgehead atoms. The lowest BCUT2D eigenvalue weighted by Gasteiger charge is -2.04. The van der Waals surface area contributed by atoms with Gasteiger partial charge in [-0.2, -0.15) is 5.10 Å². The third kappa shape index (κ3) is 1.83. The van der Waals surface area contributed by atoms with E-state index >= 15 is 0 Å². The van der Waals surface area contributed by atoms with Gasteiger partial charge in [0.05, 0.1) is 6.33 Å². The highest BCUT2D eigenvalue weighted by atomic mass is 16.1. The zero-order valence-electron chi connectivity index (χ0n) is 10.8. The van der Waals surface area contributed by atoms with E-state index in [9.17, 15) is 4.79 Å². The highest BCUT2D eigenvalue weighted by Gasteiger charge is 2.17. The summed E-state index contributed by atoms with van der Waals surface area (Å²) in [5.74, 6) is 0. The van der Waals surface area contributed by atoms with Crippen LogP contribution in [0.2, 0.25) is 0 Å². The summed E-state index contributed by atoms with van der Waals surface area (Å²) in [6.07, 6.45) is 1.42. The molecule has 96 valence electrons. The van der Waals surface area contributed by atoms with Gasteiger partial charge < -0.3 is 4.98 Å². The van der Waals surface area contributed by atoms with E-state index in [1.807, 2.05) is 44.2 Å². The lowest BCUT2D eigenvalue weighted by atomic mass is 10.1. The second-order valence-electron chi connectivity index (χ2n) is 4.68. The standard InChI is InChI=1S/C14H14N4O/c1-9(2)18-13-11(14(19)16-8-15-13)12(17-18)10-6-4-3-5-7-10/h3-9H,1-2H3,(H,15,16,19). The van der Waals surface area contributed by atoms with E-state index in [4.69, 9.17) is 0 Å². The van der Waals surface area contributed by atoms with E-state index in [0.717, 1.165) is 5.56 Å². The SMILES string of the molecule is CC(C)n1nc(-c2ccccc2)c2c(=O)[nH]cnc21. The maximum Gasteiger partial charge on any atom is 0.262 e. The van der Waals surface area contributed by atoms with Gasteiger partial charge in [0.2, 0.25) is 0 Å². The number of nitrogens with one attached hydrogen (secondary N) is 1. The maximum absolute atomic E-state index is 12.1. The molecule has 19 heavy (non-hydrogen) atoms. The van der Waals surface area contributed by atoms with Crippen LogP contribution in [0, 0.1) is 0 Å². The van der Waals surface area contributed by atoms with Crippen molar-refractivity contribution in [2.75, 3.05) is 0 Å². The number of H-pyrrole nitrogens is 1. The van der Waals surface area contributed by atoms with Crippen LogP contribution in [0.3, 0.4) is 0 Å². The summed E-state index contributed by atoms with van der Waals surface area (Å²) < 4.78 is 1.78. The number of aromatic amines is 1. The molecule has 5 heteroatoms. The smallest absolute Gasteiger partial charge is 0.262 e. The quantitative estimate of drug-likeness (QED) is 0.763.